The Morgan fingerprint density at radius 3 is 1.97 bits per heavy atom. The van der Waals surface area contributed by atoms with E-state index in [4.69, 9.17) is 4.74 Å². The lowest BCUT2D eigenvalue weighted by Crippen LogP contribution is -2.50. The van der Waals surface area contributed by atoms with Crippen LogP contribution in [0.4, 0.5) is 8.78 Å². The zero-order chi connectivity index (χ0) is 24.8. The zero-order valence-electron chi connectivity index (χ0n) is 20.4. The zero-order valence-corrected chi connectivity index (χ0v) is 20.4. The third-order valence-corrected chi connectivity index (χ3v) is 7.84. The highest BCUT2D eigenvalue weighted by Gasteiger charge is 2.34. The molecule has 4 rings (SSSR count). The molecular weight excluding hydrogens is 454 g/mol. The van der Waals surface area contributed by atoms with Gasteiger partial charge in [-0.1, -0.05) is 38.5 Å². The van der Waals surface area contributed by atoms with Crippen LogP contribution in [0, 0.1) is 17.6 Å². The number of halogens is 2. The van der Waals surface area contributed by atoms with E-state index in [1.165, 1.54) is 17.7 Å². The van der Waals surface area contributed by atoms with Crippen molar-refractivity contribution in [3.8, 4) is 0 Å². The molecule has 0 radical (unpaired) electrons. The Morgan fingerprint density at radius 1 is 0.857 bits per heavy atom. The van der Waals surface area contributed by atoms with Crippen LogP contribution >= 0.6 is 0 Å². The molecule has 0 spiro atoms. The summed E-state index contributed by atoms with van der Waals surface area (Å²) < 4.78 is 32.6. The van der Waals surface area contributed by atoms with Crippen LogP contribution in [-0.2, 0) is 14.3 Å². The fourth-order valence-electron chi connectivity index (χ4n) is 5.90. The van der Waals surface area contributed by atoms with Crippen molar-refractivity contribution in [1.29, 1.82) is 0 Å². The molecule has 0 atom stereocenters. The molecule has 0 aromatic heterocycles. The number of piperidine rings is 1. The Hall–Kier alpha value is -2.51. The number of carbonyl (C=O) groups is 3. The van der Waals surface area contributed by atoms with Gasteiger partial charge < -0.3 is 14.5 Å². The standard InChI is InChI=1S/C27H36F2N2O4/c28-20-11-12-23(24(29)17-20)26(33)30-15-13-19(14-16-30)27(34)35-18-25(32)31(21-7-3-1-4-8-21)22-9-5-2-6-10-22/h11-12,17,19,21-22H,1-10,13-16,18H2. The van der Waals surface area contributed by atoms with E-state index in [1.807, 2.05) is 4.90 Å². The third kappa shape index (κ3) is 6.39. The number of nitrogens with zero attached hydrogens (tertiary/aromatic N) is 2. The molecule has 8 heteroatoms. The molecule has 1 aromatic rings. The number of ether oxygens (including phenoxy) is 1. The van der Waals surface area contributed by atoms with Gasteiger partial charge in [0.05, 0.1) is 11.5 Å². The van der Waals surface area contributed by atoms with E-state index in [2.05, 4.69) is 0 Å². The smallest absolute Gasteiger partial charge is 0.309 e. The summed E-state index contributed by atoms with van der Waals surface area (Å²) in [6.07, 6.45) is 11.9. The summed E-state index contributed by atoms with van der Waals surface area (Å²) in [5.41, 5.74) is -0.177. The van der Waals surface area contributed by atoms with Gasteiger partial charge in [-0.15, -0.1) is 0 Å². The monoisotopic (exact) mass is 490 g/mol. The minimum atomic E-state index is -0.893. The van der Waals surface area contributed by atoms with Gasteiger partial charge in [0.15, 0.2) is 6.61 Å². The van der Waals surface area contributed by atoms with E-state index < -0.39 is 29.4 Å². The molecular formula is C27H36F2N2O4. The van der Waals surface area contributed by atoms with Gasteiger partial charge in [-0.3, -0.25) is 14.4 Å². The minimum absolute atomic E-state index is 0.0865. The molecule has 1 aromatic carbocycles. The maximum Gasteiger partial charge on any atom is 0.309 e. The molecule has 0 bridgehead atoms. The average molecular weight is 491 g/mol. The predicted molar refractivity (Wildman–Crippen MR) is 127 cm³/mol. The van der Waals surface area contributed by atoms with E-state index in [9.17, 15) is 23.2 Å². The molecule has 0 N–H and O–H groups in total. The molecule has 35 heavy (non-hydrogen) atoms. The molecule has 6 nitrogen and oxygen atoms in total. The highest BCUT2D eigenvalue weighted by atomic mass is 19.1. The lowest BCUT2D eigenvalue weighted by molar-refractivity contribution is -0.159. The first-order chi connectivity index (χ1) is 16.9. The van der Waals surface area contributed by atoms with Crippen molar-refractivity contribution in [2.75, 3.05) is 19.7 Å². The molecule has 3 aliphatic rings. The van der Waals surface area contributed by atoms with Crippen molar-refractivity contribution in [1.82, 2.24) is 9.80 Å². The van der Waals surface area contributed by atoms with Crippen LogP contribution in [0.15, 0.2) is 18.2 Å². The summed E-state index contributed by atoms with van der Waals surface area (Å²) in [7, 11) is 0. The van der Waals surface area contributed by atoms with Crippen LogP contribution in [0.2, 0.25) is 0 Å². The first kappa shape index (κ1) is 25.6. The van der Waals surface area contributed by atoms with Gasteiger partial charge in [0.1, 0.15) is 11.6 Å². The van der Waals surface area contributed by atoms with Gasteiger partial charge in [-0.2, -0.15) is 0 Å². The van der Waals surface area contributed by atoms with Gasteiger partial charge in [0, 0.05) is 31.2 Å². The normalized spacial score (nSPS) is 20.5. The number of hydrogen-bond donors (Lipinski definition) is 0. The van der Waals surface area contributed by atoms with Crippen LogP contribution in [0.3, 0.4) is 0 Å². The number of likely N-dealkylation sites (tertiary alicyclic amines) is 1. The maximum atomic E-state index is 14.0. The molecule has 2 saturated carbocycles. The second-order valence-corrected chi connectivity index (χ2v) is 10.2. The van der Waals surface area contributed by atoms with Crippen LogP contribution < -0.4 is 0 Å². The Bertz CT molecular complexity index is 886. The molecule has 192 valence electrons. The van der Waals surface area contributed by atoms with Gasteiger partial charge >= 0.3 is 5.97 Å². The number of esters is 1. The lowest BCUT2D eigenvalue weighted by atomic mass is 9.88. The fourth-order valence-corrected chi connectivity index (χ4v) is 5.90. The van der Waals surface area contributed by atoms with Crippen molar-refractivity contribution in [2.24, 2.45) is 5.92 Å². The molecule has 2 amide bonds. The summed E-state index contributed by atoms with van der Waals surface area (Å²) in [5, 5.41) is 0. The quantitative estimate of drug-likeness (QED) is 0.535. The molecule has 2 aliphatic carbocycles. The highest BCUT2D eigenvalue weighted by Crippen LogP contribution is 2.30. The second-order valence-electron chi connectivity index (χ2n) is 10.2. The minimum Gasteiger partial charge on any atom is -0.455 e. The second kappa shape index (κ2) is 12.0. The topological polar surface area (TPSA) is 66.9 Å². The summed E-state index contributed by atoms with van der Waals surface area (Å²) in [5.74, 6) is -3.04. The predicted octanol–water partition coefficient (Wildman–Crippen LogP) is 4.85. The van der Waals surface area contributed by atoms with Gasteiger partial charge in [0.2, 0.25) is 0 Å². The van der Waals surface area contributed by atoms with Crippen LogP contribution in [-0.4, -0.2) is 59.4 Å². The molecule has 1 heterocycles. The summed E-state index contributed by atoms with van der Waals surface area (Å²) in [6, 6.07) is 3.39. The number of carbonyl (C=O) groups excluding carboxylic acids is 3. The molecule has 3 fully saturated rings. The van der Waals surface area contributed by atoms with E-state index in [0.29, 0.717) is 18.9 Å². The number of hydrogen-bond acceptors (Lipinski definition) is 4. The van der Waals surface area contributed by atoms with Crippen molar-refractivity contribution in [3.05, 3.63) is 35.4 Å². The Kier molecular flexibility index (Phi) is 8.74. The summed E-state index contributed by atoms with van der Waals surface area (Å²) >= 11 is 0. The summed E-state index contributed by atoms with van der Waals surface area (Å²) in [4.78, 5) is 42.0. The SMILES string of the molecule is O=C(OCC(=O)N(C1CCCCC1)C1CCCCC1)C1CCN(C(=O)c2ccc(F)cc2F)CC1. The highest BCUT2D eigenvalue weighted by molar-refractivity contribution is 5.94. The summed E-state index contributed by atoms with van der Waals surface area (Å²) in [6.45, 7) is 0.324. The Labute approximate surface area is 206 Å². The average Bonchev–Trinajstić information content (AvgIpc) is 2.88. The van der Waals surface area contributed by atoms with Crippen LogP contribution in [0.5, 0.6) is 0 Å². The first-order valence-electron chi connectivity index (χ1n) is 13.2. The van der Waals surface area contributed by atoms with Gasteiger partial charge in [-0.05, 0) is 50.7 Å². The third-order valence-electron chi connectivity index (χ3n) is 7.84. The van der Waals surface area contributed by atoms with Crippen LogP contribution in [0.25, 0.3) is 0 Å². The number of rotatable bonds is 6. The molecule has 0 unspecified atom stereocenters. The molecule has 1 saturated heterocycles. The van der Waals surface area contributed by atoms with Crippen molar-refractivity contribution < 1.29 is 27.9 Å². The largest absolute Gasteiger partial charge is 0.455 e. The number of benzene rings is 1. The number of amides is 2. The van der Waals surface area contributed by atoms with Crippen molar-refractivity contribution >= 4 is 17.8 Å². The van der Waals surface area contributed by atoms with E-state index in [0.717, 1.165) is 63.5 Å². The first-order valence-corrected chi connectivity index (χ1v) is 13.2. The van der Waals surface area contributed by atoms with Gasteiger partial charge in [-0.25, -0.2) is 8.78 Å². The van der Waals surface area contributed by atoms with Crippen LogP contribution in [0.1, 0.15) is 87.4 Å². The Morgan fingerprint density at radius 2 is 1.43 bits per heavy atom. The van der Waals surface area contributed by atoms with E-state index >= 15 is 0 Å². The van der Waals surface area contributed by atoms with Crippen molar-refractivity contribution in [3.63, 3.8) is 0 Å². The van der Waals surface area contributed by atoms with Crippen molar-refractivity contribution in [2.45, 2.75) is 89.1 Å². The molecule has 1 aliphatic heterocycles. The Balaban J connectivity index is 1.28. The van der Waals surface area contributed by atoms with E-state index in [-0.39, 0.29) is 43.3 Å². The van der Waals surface area contributed by atoms with Gasteiger partial charge in [0.25, 0.3) is 11.8 Å². The lowest BCUT2D eigenvalue weighted by Gasteiger charge is -2.41. The van der Waals surface area contributed by atoms with E-state index in [1.54, 1.807) is 0 Å². The maximum absolute atomic E-state index is 14.0. The fraction of sp³-hybridized carbons (Fsp3) is 0.667.